The predicted molar refractivity (Wildman–Crippen MR) is 79.3 cm³/mol. The van der Waals surface area contributed by atoms with E-state index < -0.39 is 12.7 Å². The monoisotopic (exact) mass is 306 g/mol. The van der Waals surface area contributed by atoms with E-state index in [1.165, 1.54) is 25.7 Å². The van der Waals surface area contributed by atoms with Crippen LogP contribution in [0.1, 0.15) is 58.3 Å². The average molecular weight is 306 g/mol. The van der Waals surface area contributed by atoms with Crippen LogP contribution < -0.4 is 5.32 Å². The number of hydrogen-bond acceptors (Lipinski definition) is 2. The molecule has 0 atom stereocenters. The summed E-state index contributed by atoms with van der Waals surface area (Å²) in [4.78, 5) is 1.60. The summed E-state index contributed by atoms with van der Waals surface area (Å²) >= 11 is 0. The van der Waals surface area contributed by atoms with Gasteiger partial charge in [0.2, 0.25) is 0 Å². The number of alkyl halides is 3. The number of hydrogen-bond donors (Lipinski definition) is 1. The maximum absolute atomic E-state index is 12.7. The van der Waals surface area contributed by atoms with E-state index in [9.17, 15) is 13.2 Å². The van der Waals surface area contributed by atoms with Crippen LogP contribution in [0.2, 0.25) is 0 Å². The van der Waals surface area contributed by atoms with Crippen molar-refractivity contribution in [2.75, 3.05) is 26.2 Å². The minimum atomic E-state index is -4.09. The lowest BCUT2D eigenvalue weighted by Crippen LogP contribution is -2.47. The molecule has 0 bridgehead atoms. The lowest BCUT2D eigenvalue weighted by atomic mass is 9.79. The molecule has 2 fully saturated rings. The summed E-state index contributed by atoms with van der Waals surface area (Å²) in [6.07, 6.45) is 5.30. The summed E-state index contributed by atoms with van der Waals surface area (Å²) < 4.78 is 38.2. The summed E-state index contributed by atoms with van der Waals surface area (Å²) in [5.41, 5.74) is 0.0420. The van der Waals surface area contributed by atoms with E-state index in [0.717, 1.165) is 32.2 Å². The second-order valence-corrected chi connectivity index (χ2v) is 6.99. The second-order valence-electron chi connectivity index (χ2n) is 6.99. The standard InChI is InChI=1S/C16H29F3N2/c1-2-21(13-16(17,18)19)12-15(11-20-14-7-8-14)9-5-3-4-6-10-15/h14,20H,2-13H2,1H3. The fraction of sp³-hybridized carbons (Fsp3) is 1.00. The molecule has 2 rings (SSSR count). The molecule has 2 nitrogen and oxygen atoms in total. The predicted octanol–water partition coefficient (Wildman–Crippen LogP) is 3.96. The van der Waals surface area contributed by atoms with Gasteiger partial charge < -0.3 is 5.32 Å². The van der Waals surface area contributed by atoms with Gasteiger partial charge in [-0.2, -0.15) is 13.2 Å². The summed E-state index contributed by atoms with van der Waals surface area (Å²) in [6.45, 7) is 3.03. The maximum Gasteiger partial charge on any atom is 0.401 e. The van der Waals surface area contributed by atoms with Gasteiger partial charge in [0.05, 0.1) is 6.54 Å². The molecule has 0 heterocycles. The van der Waals surface area contributed by atoms with Crippen LogP contribution >= 0.6 is 0 Å². The Morgan fingerprint density at radius 1 is 1.10 bits per heavy atom. The Bertz CT molecular complexity index is 305. The van der Waals surface area contributed by atoms with Crippen LogP contribution in [0.15, 0.2) is 0 Å². The van der Waals surface area contributed by atoms with Crippen LogP contribution in [0.3, 0.4) is 0 Å². The van der Waals surface area contributed by atoms with Gasteiger partial charge >= 0.3 is 6.18 Å². The molecule has 21 heavy (non-hydrogen) atoms. The highest BCUT2D eigenvalue weighted by Crippen LogP contribution is 2.37. The van der Waals surface area contributed by atoms with Crippen LogP contribution in [-0.2, 0) is 0 Å². The number of rotatable bonds is 7. The van der Waals surface area contributed by atoms with E-state index in [1.54, 1.807) is 4.90 Å². The van der Waals surface area contributed by atoms with Gasteiger partial charge in [-0.1, -0.05) is 32.6 Å². The minimum absolute atomic E-state index is 0.0420. The van der Waals surface area contributed by atoms with Crippen LogP contribution in [0.5, 0.6) is 0 Å². The Morgan fingerprint density at radius 3 is 2.19 bits per heavy atom. The third-order valence-electron chi connectivity index (χ3n) is 4.92. The molecule has 5 heteroatoms. The molecule has 0 unspecified atom stereocenters. The largest absolute Gasteiger partial charge is 0.401 e. The minimum Gasteiger partial charge on any atom is -0.313 e. The van der Waals surface area contributed by atoms with Crippen molar-refractivity contribution in [3.8, 4) is 0 Å². The molecule has 2 aliphatic rings. The molecule has 0 aromatic heterocycles. The Hall–Kier alpha value is -0.290. The third-order valence-corrected chi connectivity index (χ3v) is 4.92. The molecule has 124 valence electrons. The first-order chi connectivity index (χ1) is 9.92. The molecule has 2 aliphatic carbocycles. The Labute approximate surface area is 126 Å². The van der Waals surface area contributed by atoms with Crippen molar-refractivity contribution in [2.24, 2.45) is 5.41 Å². The van der Waals surface area contributed by atoms with Crippen molar-refractivity contribution < 1.29 is 13.2 Å². The topological polar surface area (TPSA) is 15.3 Å². The van der Waals surface area contributed by atoms with E-state index in [2.05, 4.69) is 5.32 Å². The van der Waals surface area contributed by atoms with E-state index in [-0.39, 0.29) is 5.41 Å². The zero-order valence-corrected chi connectivity index (χ0v) is 13.1. The van der Waals surface area contributed by atoms with Gasteiger partial charge in [0.25, 0.3) is 0 Å². The maximum atomic E-state index is 12.7. The van der Waals surface area contributed by atoms with E-state index in [4.69, 9.17) is 0 Å². The molecule has 2 saturated carbocycles. The lowest BCUT2D eigenvalue weighted by Gasteiger charge is -2.38. The molecular formula is C16H29F3N2. The van der Waals surface area contributed by atoms with Crippen molar-refractivity contribution in [3.63, 3.8) is 0 Å². The zero-order valence-electron chi connectivity index (χ0n) is 13.1. The summed E-state index contributed by atoms with van der Waals surface area (Å²) in [6, 6.07) is 0.628. The molecular weight excluding hydrogens is 277 g/mol. The Kier molecular flexibility index (Phi) is 5.95. The van der Waals surface area contributed by atoms with Crippen molar-refractivity contribution in [1.82, 2.24) is 10.2 Å². The van der Waals surface area contributed by atoms with Gasteiger partial charge in [0, 0.05) is 19.1 Å². The molecule has 0 aliphatic heterocycles. The van der Waals surface area contributed by atoms with Crippen LogP contribution in [0.25, 0.3) is 0 Å². The fourth-order valence-corrected chi connectivity index (χ4v) is 3.53. The first-order valence-electron chi connectivity index (χ1n) is 8.45. The molecule has 0 saturated heterocycles. The van der Waals surface area contributed by atoms with E-state index in [0.29, 0.717) is 19.1 Å². The summed E-state index contributed by atoms with van der Waals surface area (Å²) in [7, 11) is 0. The number of nitrogens with one attached hydrogen (secondary N) is 1. The van der Waals surface area contributed by atoms with Gasteiger partial charge in [0.15, 0.2) is 0 Å². The van der Waals surface area contributed by atoms with E-state index in [1.807, 2.05) is 6.92 Å². The molecule has 0 spiro atoms. The third kappa shape index (κ3) is 6.15. The highest BCUT2D eigenvalue weighted by atomic mass is 19.4. The van der Waals surface area contributed by atoms with Crippen molar-refractivity contribution >= 4 is 0 Å². The number of nitrogens with zero attached hydrogens (tertiary/aromatic N) is 1. The van der Waals surface area contributed by atoms with Crippen molar-refractivity contribution in [3.05, 3.63) is 0 Å². The Morgan fingerprint density at radius 2 is 1.71 bits per heavy atom. The molecule has 1 N–H and O–H groups in total. The van der Waals surface area contributed by atoms with Gasteiger partial charge in [-0.3, -0.25) is 4.90 Å². The van der Waals surface area contributed by atoms with Crippen molar-refractivity contribution in [2.45, 2.75) is 70.5 Å². The Balaban J connectivity index is 1.97. The molecule has 0 radical (unpaired) electrons. The summed E-state index contributed by atoms with van der Waals surface area (Å²) in [5, 5.41) is 3.58. The van der Waals surface area contributed by atoms with E-state index >= 15 is 0 Å². The molecule has 0 amide bonds. The molecule has 0 aromatic rings. The summed E-state index contributed by atoms with van der Waals surface area (Å²) in [5.74, 6) is 0. The van der Waals surface area contributed by atoms with Gasteiger partial charge in [-0.15, -0.1) is 0 Å². The van der Waals surface area contributed by atoms with Gasteiger partial charge in [-0.05, 0) is 37.6 Å². The first-order valence-corrected chi connectivity index (χ1v) is 8.45. The first kappa shape index (κ1) is 17.1. The van der Waals surface area contributed by atoms with Gasteiger partial charge in [-0.25, -0.2) is 0 Å². The lowest BCUT2D eigenvalue weighted by molar-refractivity contribution is -0.149. The van der Waals surface area contributed by atoms with Crippen LogP contribution in [0.4, 0.5) is 13.2 Å². The van der Waals surface area contributed by atoms with Gasteiger partial charge in [0.1, 0.15) is 0 Å². The highest BCUT2D eigenvalue weighted by molar-refractivity contribution is 4.91. The highest BCUT2D eigenvalue weighted by Gasteiger charge is 2.37. The van der Waals surface area contributed by atoms with Crippen molar-refractivity contribution in [1.29, 1.82) is 0 Å². The SMILES string of the molecule is CCN(CC(F)(F)F)CC1(CNC2CC2)CCCCCC1. The molecule has 0 aromatic carbocycles. The fourth-order valence-electron chi connectivity index (χ4n) is 3.53. The zero-order chi connectivity index (χ0) is 15.3. The smallest absolute Gasteiger partial charge is 0.313 e. The van der Waals surface area contributed by atoms with Crippen LogP contribution in [-0.4, -0.2) is 43.3 Å². The second kappa shape index (κ2) is 7.32. The average Bonchev–Trinajstić information content (AvgIpc) is 3.22. The number of halogens is 3. The van der Waals surface area contributed by atoms with Crippen LogP contribution in [0, 0.1) is 5.41 Å². The quantitative estimate of drug-likeness (QED) is 0.716. The normalized spacial score (nSPS) is 23.3.